The van der Waals surface area contributed by atoms with E-state index in [0.717, 1.165) is 55.0 Å². The summed E-state index contributed by atoms with van der Waals surface area (Å²) in [6.07, 6.45) is 3.44. The largest absolute Gasteiger partial charge is 0.463 e. The van der Waals surface area contributed by atoms with E-state index in [1.807, 2.05) is 41.2 Å². The lowest BCUT2D eigenvalue weighted by Crippen LogP contribution is -2.47. The van der Waals surface area contributed by atoms with Gasteiger partial charge in [-0.25, -0.2) is 4.68 Å². The Bertz CT molecular complexity index is 1490. The van der Waals surface area contributed by atoms with E-state index < -0.39 is 5.91 Å². The molecule has 0 atom stereocenters. The van der Waals surface area contributed by atoms with Gasteiger partial charge >= 0.3 is 0 Å². The summed E-state index contributed by atoms with van der Waals surface area (Å²) in [5, 5.41) is 10.0. The monoisotopic (exact) mass is 471 g/mol. The lowest BCUT2D eigenvalue weighted by atomic mass is 10.1. The molecule has 1 saturated heterocycles. The summed E-state index contributed by atoms with van der Waals surface area (Å²) < 4.78 is 9.01. The SMILES string of the molecule is NC(=O)c1ccc(N2CCN(CCn3ncc4c3nc(N)n3nc(-c5ccco5)cc43)CC2)cc1. The average Bonchev–Trinajstić information content (AvgIpc) is 3.63. The number of benzene rings is 1. The van der Waals surface area contributed by atoms with Crippen molar-refractivity contribution in [2.45, 2.75) is 6.54 Å². The number of primary amides is 1. The van der Waals surface area contributed by atoms with Gasteiger partial charge in [0.25, 0.3) is 0 Å². The van der Waals surface area contributed by atoms with E-state index in [0.29, 0.717) is 29.5 Å². The molecule has 6 rings (SSSR count). The van der Waals surface area contributed by atoms with E-state index in [2.05, 4.69) is 25.0 Å². The Morgan fingerprint density at radius 1 is 1.06 bits per heavy atom. The van der Waals surface area contributed by atoms with Gasteiger partial charge < -0.3 is 20.8 Å². The second-order valence-electron chi connectivity index (χ2n) is 8.62. The second-order valence-corrected chi connectivity index (χ2v) is 8.62. The van der Waals surface area contributed by atoms with Crippen molar-refractivity contribution in [3.8, 4) is 11.5 Å². The predicted octanol–water partition coefficient (Wildman–Crippen LogP) is 1.84. The fourth-order valence-electron chi connectivity index (χ4n) is 4.59. The van der Waals surface area contributed by atoms with Gasteiger partial charge in [-0.3, -0.25) is 9.69 Å². The van der Waals surface area contributed by atoms with Crippen molar-refractivity contribution >= 4 is 34.1 Å². The third-order valence-corrected chi connectivity index (χ3v) is 6.53. The Kier molecular flexibility index (Phi) is 5.10. The van der Waals surface area contributed by atoms with E-state index >= 15 is 0 Å². The number of amides is 1. The number of nitrogen functional groups attached to an aromatic ring is 1. The highest BCUT2D eigenvalue weighted by Crippen LogP contribution is 2.26. The van der Waals surface area contributed by atoms with Gasteiger partial charge in [0.15, 0.2) is 11.4 Å². The zero-order valence-corrected chi connectivity index (χ0v) is 19.0. The lowest BCUT2D eigenvalue weighted by molar-refractivity contribution is 0.100. The Hall–Kier alpha value is -4.38. The van der Waals surface area contributed by atoms with Crippen molar-refractivity contribution < 1.29 is 9.21 Å². The fraction of sp³-hybridized carbons (Fsp3) is 0.250. The van der Waals surface area contributed by atoms with E-state index in [-0.39, 0.29) is 0 Å². The number of rotatable bonds is 6. The summed E-state index contributed by atoms with van der Waals surface area (Å²) >= 11 is 0. The highest BCUT2D eigenvalue weighted by atomic mass is 16.3. The molecule has 0 unspecified atom stereocenters. The minimum atomic E-state index is -0.407. The number of fused-ring (bicyclic) bond motifs is 3. The van der Waals surface area contributed by atoms with Crippen molar-refractivity contribution in [3.63, 3.8) is 0 Å². The molecule has 4 aromatic heterocycles. The first kappa shape index (κ1) is 21.2. The van der Waals surface area contributed by atoms with Gasteiger partial charge in [0.2, 0.25) is 11.9 Å². The predicted molar refractivity (Wildman–Crippen MR) is 132 cm³/mol. The van der Waals surface area contributed by atoms with Crippen LogP contribution in [0.3, 0.4) is 0 Å². The molecule has 11 nitrogen and oxygen atoms in total. The normalized spacial score (nSPS) is 14.8. The number of carbonyl (C=O) groups is 1. The number of piperazine rings is 1. The third kappa shape index (κ3) is 3.85. The molecule has 0 aliphatic carbocycles. The molecule has 0 saturated carbocycles. The molecule has 1 fully saturated rings. The fourth-order valence-corrected chi connectivity index (χ4v) is 4.59. The molecule has 0 spiro atoms. The number of hydrogen-bond acceptors (Lipinski definition) is 8. The molecule has 4 N–H and O–H groups in total. The molecule has 1 amide bonds. The summed E-state index contributed by atoms with van der Waals surface area (Å²) in [5.74, 6) is 0.579. The lowest BCUT2D eigenvalue weighted by Gasteiger charge is -2.36. The minimum Gasteiger partial charge on any atom is -0.463 e. The van der Waals surface area contributed by atoms with Crippen molar-refractivity contribution in [2.75, 3.05) is 43.4 Å². The molecule has 5 heterocycles. The molecule has 35 heavy (non-hydrogen) atoms. The second kappa shape index (κ2) is 8.44. The summed E-state index contributed by atoms with van der Waals surface area (Å²) in [7, 11) is 0. The van der Waals surface area contributed by atoms with Crippen LogP contribution in [0.25, 0.3) is 28.0 Å². The molecule has 5 aromatic rings. The molecule has 178 valence electrons. The average molecular weight is 472 g/mol. The van der Waals surface area contributed by atoms with Crippen molar-refractivity contribution in [2.24, 2.45) is 5.73 Å². The van der Waals surface area contributed by atoms with Gasteiger partial charge in [0, 0.05) is 44.0 Å². The third-order valence-electron chi connectivity index (χ3n) is 6.53. The van der Waals surface area contributed by atoms with Crippen LogP contribution >= 0.6 is 0 Å². The van der Waals surface area contributed by atoms with Gasteiger partial charge in [0.1, 0.15) is 5.69 Å². The van der Waals surface area contributed by atoms with Crippen molar-refractivity contribution in [1.29, 1.82) is 0 Å². The van der Waals surface area contributed by atoms with Crippen molar-refractivity contribution in [1.82, 2.24) is 29.3 Å². The molecule has 0 radical (unpaired) electrons. The van der Waals surface area contributed by atoms with Gasteiger partial charge in [-0.05, 0) is 42.5 Å². The summed E-state index contributed by atoms with van der Waals surface area (Å²) in [4.78, 5) is 20.6. The molecule has 1 aliphatic rings. The van der Waals surface area contributed by atoms with Crippen LogP contribution in [-0.2, 0) is 6.54 Å². The van der Waals surface area contributed by atoms with Crippen LogP contribution < -0.4 is 16.4 Å². The standard InChI is InChI=1S/C24H25N9O2/c25-22(34)16-3-5-17(6-4-16)31-10-7-30(8-11-31)9-12-32-23-18(15-27-32)20-14-19(21-2-1-13-35-21)29-33(20)24(26)28-23/h1-6,13-15H,7-12H2,(H2,25,34)(H2,26,28). The maximum absolute atomic E-state index is 11.3. The number of furan rings is 1. The zero-order chi connectivity index (χ0) is 23.9. The van der Waals surface area contributed by atoms with Gasteiger partial charge in [0.05, 0.1) is 29.9 Å². The first-order valence-corrected chi connectivity index (χ1v) is 11.5. The highest BCUT2D eigenvalue weighted by Gasteiger charge is 2.19. The number of hydrogen-bond donors (Lipinski definition) is 2. The van der Waals surface area contributed by atoms with E-state index in [1.165, 1.54) is 0 Å². The van der Waals surface area contributed by atoms with Crippen LogP contribution in [-0.4, -0.2) is 67.9 Å². The Labute approximate surface area is 200 Å². The van der Waals surface area contributed by atoms with Gasteiger partial charge in [-0.1, -0.05) is 0 Å². The number of nitrogens with zero attached hydrogens (tertiary/aromatic N) is 7. The van der Waals surface area contributed by atoms with Gasteiger partial charge in [-0.15, -0.1) is 0 Å². The van der Waals surface area contributed by atoms with E-state index in [4.69, 9.17) is 15.9 Å². The Morgan fingerprint density at radius 3 is 2.57 bits per heavy atom. The zero-order valence-electron chi connectivity index (χ0n) is 19.0. The highest BCUT2D eigenvalue weighted by molar-refractivity contribution is 5.94. The molecule has 0 bridgehead atoms. The smallest absolute Gasteiger partial charge is 0.248 e. The molecule has 1 aliphatic heterocycles. The first-order chi connectivity index (χ1) is 17.1. The van der Waals surface area contributed by atoms with Crippen LogP contribution in [0.2, 0.25) is 0 Å². The van der Waals surface area contributed by atoms with E-state index in [1.54, 1.807) is 22.9 Å². The number of nitrogens with two attached hydrogens (primary N) is 2. The molecular weight excluding hydrogens is 446 g/mol. The van der Waals surface area contributed by atoms with Crippen LogP contribution in [0.15, 0.2) is 59.3 Å². The molecule has 11 heteroatoms. The maximum Gasteiger partial charge on any atom is 0.248 e. The number of anilines is 2. The summed E-state index contributed by atoms with van der Waals surface area (Å²) in [5.41, 5.74) is 15.5. The molecule has 1 aromatic carbocycles. The van der Waals surface area contributed by atoms with Crippen LogP contribution in [0.1, 0.15) is 10.4 Å². The quantitative estimate of drug-likeness (QED) is 0.383. The van der Waals surface area contributed by atoms with Crippen LogP contribution in [0, 0.1) is 0 Å². The van der Waals surface area contributed by atoms with Gasteiger partial charge in [-0.2, -0.15) is 19.7 Å². The summed E-state index contributed by atoms with van der Waals surface area (Å²) in [6, 6.07) is 13.1. The van der Waals surface area contributed by atoms with E-state index in [9.17, 15) is 4.79 Å². The summed E-state index contributed by atoms with van der Waals surface area (Å²) in [6.45, 7) is 5.25. The van der Waals surface area contributed by atoms with Crippen LogP contribution in [0.5, 0.6) is 0 Å². The number of carbonyl (C=O) groups excluding carboxylic acids is 1. The first-order valence-electron chi connectivity index (χ1n) is 11.5. The maximum atomic E-state index is 11.3. The minimum absolute atomic E-state index is 0.308. The Balaban J connectivity index is 1.14. The number of aromatic nitrogens is 5. The van der Waals surface area contributed by atoms with Crippen molar-refractivity contribution in [3.05, 3.63) is 60.5 Å². The molecular formula is C24H25N9O2. The van der Waals surface area contributed by atoms with Crippen LogP contribution in [0.4, 0.5) is 11.6 Å². The topological polar surface area (TPSA) is 137 Å². The Morgan fingerprint density at radius 2 is 1.86 bits per heavy atom.